The van der Waals surface area contributed by atoms with E-state index < -0.39 is 6.36 Å². The maximum atomic E-state index is 11.7. The molecule has 1 saturated heterocycles. The van der Waals surface area contributed by atoms with Crippen molar-refractivity contribution in [1.29, 1.82) is 0 Å². The molecule has 0 aromatic carbocycles. The van der Waals surface area contributed by atoms with E-state index in [1.807, 2.05) is 11.9 Å². The largest absolute Gasteiger partial charge is 0.522 e. The number of halogens is 3. The maximum absolute atomic E-state index is 11.7. The monoisotopic (exact) mass is 240 g/mol. The Balaban J connectivity index is 2.13. The van der Waals surface area contributed by atoms with Crippen LogP contribution in [0.1, 0.15) is 13.3 Å². The molecule has 0 bridgehead atoms. The van der Waals surface area contributed by atoms with Crippen molar-refractivity contribution in [1.82, 2.24) is 10.2 Å². The van der Waals surface area contributed by atoms with Crippen LogP contribution in [0.15, 0.2) is 0 Å². The predicted octanol–water partition coefficient (Wildman–Crippen LogP) is 1.45. The summed E-state index contributed by atoms with van der Waals surface area (Å²) in [6.07, 6.45) is -3.38. The number of ether oxygens (including phenoxy) is 1. The second kappa shape index (κ2) is 5.84. The molecule has 96 valence electrons. The summed E-state index contributed by atoms with van der Waals surface area (Å²) in [5.41, 5.74) is 0. The second-order valence-corrected chi connectivity index (χ2v) is 4.38. The average Bonchev–Trinajstić information content (AvgIpc) is 2.49. The van der Waals surface area contributed by atoms with Crippen molar-refractivity contribution < 1.29 is 17.9 Å². The summed E-state index contributed by atoms with van der Waals surface area (Å²) in [6, 6.07) is 0.385. The Kier molecular flexibility index (Phi) is 5.01. The summed E-state index contributed by atoms with van der Waals surface area (Å²) in [6.45, 7) is 3.91. The first-order valence-corrected chi connectivity index (χ1v) is 5.51. The topological polar surface area (TPSA) is 24.5 Å². The molecule has 0 saturated carbocycles. The van der Waals surface area contributed by atoms with Crippen LogP contribution in [0.25, 0.3) is 0 Å². The quantitative estimate of drug-likeness (QED) is 0.787. The third-order valence-corrected chi connectivity index (χ3v) is 2.94. The molecule has 1 heterocycles. The van der Waals surface area contributed by atoms with Crippen LogP contribution in [0.5, 0.6) is 0 Å². The second-order valence-electron chi connectivity index (χ2n) is 4.38. The molecule has 3 nitrogen and oxygen atoms in total. The normalized spacial score (nSPS) is 26.6. The number of hydrogen-bond acceptors (Lipinski definition) is 3. The summed E-state index contributed by atoms with van der Waals surface area (Å²) >= 11 is 0. The predicted molar refractivity (Wildman–Crippen MR) is 55.1 cm³/mol. The Morgan fingerprint density at radius 2 is 2.12 bits per heavy atom. The van der Waals surface area contributed by atoms with Crippen LogP contribution >= 0.6 is 0 Å². The lowest BCUT2D eigenvalue weighted by molar-refractivity contribution is -0.324. The average molecular weight is 240 g/mol. The minimum atomic E-state index is -4.51. The lowest BCUT2D eigenvalue weighted by Crippen LogP contribution is -2.39. The molecular formula is C10H19F3N2O. The zero-order chi connectivity index (χ0) is 12.2. The molecule has 0 radical (unpaired) electrons. The molecule has 1 fully saturated rings. The molecule has 1 rings (SSSR count). The van der Waals surface area contributed by atoms with Gasteiger partial charge in [-0.25, -0.2) is 0 Å². The molecule has 0 amide bonds. The van der Waals surface area contributed by atoms with Gasteiger partial charge in [0.1, 0.15) is 0 Å². The molecule has 2 atom stereocenters. The highest BCUT2D eigenvalue weighted by Crippen LogP contribution is 2.17. The van der Waals surface area contributed by atoms with Gasteiger partial charge in [0.15, 0.2) is 0 Å². The van der Waals surface area contributed by atoms with Crippen LogP contribution in [-0.4, -0.2) is 50.6 Å². The van der Waals surface area contributed by atoms with Gasteiger partial charge in [-0.3, -0.25) is 4.74 Å². The molecule has 1 aliphatic heterocycles. The number of alkyl halides is 3. The SMILES string of the molecule is CC1CCNC1CN(C)CCOC(F)(F)F. The minimum absolute atomic E-state index is 0.296. The van der Waals surface area contributed by atoms with E-state index in [1.54, 1.807) is 0 Å². The number of likely N-dealkylation sites (N-methyl/N-ethyl adjacent to an activating group) is 1. The molecule has 1 N–H and O–H groups in total. The van der Waals surface area contributed by atoms with Gasteiger partial charge < -0.3 is 10.2 Å². The van der Waals surface area contributed by atoms with Gasteiger partial charge in [-0.2, -0.15) is 0 Å². The smallest absolute Gasteiger partial charge is 0.312 e. The minimum Gasteiger partial charge on any atom is -0.312 e. The van der Waals surface area contributed by atoms with Crippen molar-refractivity contribution in [3.05, 3.63) is 0 Å². The Hall–Kier alpha value is -0.330. The van der Waals surface area contributed by atoms with E-state index in [2.05, 4.69) is 17.0 Å². The first-order chi connectivity index (χ1) is 7.38. The Morgan fingerprint density at radius 1 is 1.44 bits per heavy atom. The molecule has 6 heteroatoms. The zero-order valence-electron chi connectivity index (χ0n) is 9.68. The first kappa shape index (κ1) is 13.7. The van der Waals surface area contributed by atoms with E-state index in [0.29, 0.717) is 18.5 Å². The van der Waals surface area contributed by atoms with Crippen molar-refractivity contribution in [3.63, 3.8) is 0 Å². The van der Waals surface area contributed by atoms with Crippen LogP contribution in [0.2, 0.25) is 0 Å². The molecule has 1 aliphatic rings. The van der Waals surface area contributed by atoms with Crippen LogP contribution in [0.4, 0.5) is 13.2 Å². The zero-order valence-corrected chi connectivity index (χ0v) is 9.68. The molecular weight excluding hydrogens is 221 g/mol. The van der Waals surface area contributed by atoms with Gasteiger partial charge in [0, 0.05) is 19.1 Å². The van der Waals surface area contributed by atoms with Gasteiger partial charge in [-0.1, -0.05) is 6.92 Å². The molecule has 0 spiro atoms. The highest BCUT2D eigenvalue weighted by Gasteiger charge is 2.29. The number of nitrogens with one attached hydrogen (secondary N) is 1. The summed E-state index contributed by atoms with van der Waals surface area (Å²) in [4.78, 5) is 1.87. The first-order valence-electron chi connectivity index (χ1n) is 5.51. The highest BCUT2D eigenvalue weighted by molar-refractivity contribution is 4.82. The molecule has 0 aliphatic carbocycles. The van der Waals surface area contributed by atoms with Crippen LogP contribution in [0, 0.1) is 5.92 Å². The van der Waals surface area contributed by atoms with Gasteiger partial charge >= 0.3 is 6.36 Å². The fourth-order valence-corrected chi connectivity index (χ4v) is 1.89. The Bertz CT molecular complexity index is 211. The van der Waals surface area contributed by atoms with Gasteiger partial charge in [-0.15, -0.1) is 13.2 Å². The lowest BCUT2D eigenvalue weighted by Gasteiger charge is -2.23. The molecule has 2 unspecified atom stereocenters. The maximum Gasteiger partial charge on any atom is 0.522 e. The standard InChI is InChI=1S/C10H19F3N2O/c1-8-3-4-14-9(8)7-15(2)5-6-16-10(11,12)13/h8-9,14H,3-7H2,1-2H3. The van der Waals surface area contributed by atoms with Crippen molar-refractivity contribution in [2.24, 2.45) is 5.92 Å². The highest BCUT2D eigenvalue weighted by atomic mass is 19.4. The van der Waals surface area contributed by atoms with Crippen molar-refractivity contribution >= 4 is 0 Å². The lowest BCUT2D eigenvalue weighted by atomic mass is 10.0. The number of nitrogens with zero attached hydrogens (tertiary/aromatic N) is 1. The van der Waals surface area contributed by atoms with Gasteiger partial charge in [0.2, 0.25) is 0 Å². The van der Waals surface area contributed by atoms with E-state index in [-0.39, 0.29) is 6.61 Å². The van der Waals surface area contributed by atoms with E-state index >= 15 is 0 Å². The van der Waals surface area contributed by atoms with Crippen LogP contribution in [0.3, 0.4) is 0 Å². The van der Waals surface area contributed by atoms with Crippen LogP contribution in [-0.2, 0) is 4.74 Å². The summed E-state index contributed by atoms with van der Waals surface area (Å²) in [5.74, 6) is 0.589. The van der Waals surface area contributed by atoms with Gasteiger partial charge in [-0.05, 0) is 25.9 Å². The fourth-order valence-electron chi connectivity index (χ4n) is 1.89. The summed E-state index contributed by atoms with van der Waals surface area (Å²) in [5, 5.41) is 3.34. The molecule has 0 aromatic rings. The van der Waals surface area contributed by atoms with E-state index in [4.69, 9.17) is 0 Å². The Morgan fingerprint density at radius 3 is 2.62 bits per heavy atom. The summed E-state index contributed by atoms with van der Waals surface area (Å²) < 4.78 is 38.9. The van der Waals surface area contributed by atoms with Crippen molar-refractivity contribution in [2.45, 2.75) is 25.7 Å². The van der Waals surface area contributed by atoms with Crippen molar-refractivity contribution in [3.8, 4) is 0 Å². The number of hydrogen-bond donors (Lipinski definition) is 1. The van der Waals surface area contributed by atoms with Crippen molar-refractivity contribution in [2.75, 3.05) is 33.3 Å². The van der Waals surface area contributed by atoms with Crippen LogP contribution < -0.4 is 5.32 Å². The third kappa shape index (κ3) is 5.14. The molecule has 16 heavy (non-hydrogen) atoms. The third-order valence-electron chi connectivity index (χ3n) is 2.94. The van der Waals surface area contributed by atoms with E-state index in [1.165, 1.54) is 0 Å². The Labute approximate surface area is 93.9 Å². The van der Waals surface area contributed by atoms with Gasteiger partial charge in [0.25, 0.3) is 0 Å². The molecule has 0 aromatic heterocycles. The van der Waals surface area contributed by atoms with E-state index in [0.717, 1.165) is 19.5 Å². The fraction of sp³-hybridized carbons (Fsp3) is 1.00. The number of rotatable bonds is 5. The summed E-state index contributed by atoms with van der Waals surface area (Å²) in [7, 11) is 1.81. The van der Waals surface area contributed by atoms with Gasteiger partial charge in [0.05, 0.1) is 6.61 Å². The van der Waals surface area contributed by atoms with E-state index in [9.17, 15) is 13.2 Å².